The Labute approximate surface area is 120 Å². The Morgan fingerprint density at radius 3 is 2.40 bits per heavy atom. The number of para-hydroxylation sites is 1. The minimum absolute atomic E-state index is 0.823. The zero-order chi connectivity index (χ0) is 14.4. The highest BCUT2D eigenvalue weighted by molar-refractivity contribution is 5.62. The summed E-state index contributed by atoms with van der Waals surface area (Å²) in [6.45, 7) is 7.13. The molecule has 0 bridgehead atoms. The van der Waals surface area contributed by atoms with Gasteiger partial charge in [-0.25, -0.2) is 9.97 Å². The van der Waals surface area contributed by atoms with Crippen LogP contribution in [0.1, 0.15) is 32.2 Å². The summed E-state index contributed by atoms with van der Waals surface area (Å²) in [6, 6.07) is 10.3. The second-order valence-electron chi connectivity index (χ2n) is 4.57. The molecule has 0 amide bonds. The van der Waals surface area contributed by atoms with Crippen molar-refractivity contribution in [3.8, 4) is 0 Å². The van der Waals surface area contributed by atoms with Crippen LogP contribution in [-0.2, 0) is 12.8 Å². The maximum absolute atomic E-state index is 4.54. The van der Waals surface area contributed by atoms with Crippen molar-refractivity contribution in [2.45, 2.75) is 33.6 Å². The van der Waals surface area contributed by atoms with E-state index in [4.69, 9.17) is 0 Å². The van der Waals surface area contributed by atoms with Gasteiger partial charge in [-0.1, -0.05) is 32.0 Å². The fourth-order valence-corrected chi connectivity index (χ4v) is 2.08. The lowest BCUT2D eigenvalue weighted by atomic mass is 10.1. The van der Waals surface area contributed by atoms with Crippen molar-refractivity contribution in [1.82, 2.24) is 9.97 Å². The smallest absolute Gasteiger partial charge is 0.136 e. The molecule has 2 N–H and O–H groups in total. The highest BCUT2D eigenvalue weighted by atomic mass is 15.1. The lowest BCUT2D eigenvalue weighted by Crippen LogP contribution is -2.06. The Morgan fingerprint density at radius 2 is 1.70 bits per heavy atom. The number of aromatic nitrogens is 2. The number of benzene rings is 1. The summed E-state index contributed by atoms with van der Waals surface area (Å²) in [6.07, 6.45) is 1.82. The molecule has 1 aromatic heterocycles. The molecule has 1 heterocycles. The maximum Gasteiger partial charge on any atom is 0.136 e. The zero-order valence-corrected chi connectivity index (χ0v) is 12.4. The summed E-state index contributed by atoms with van der Waals surface area (Å²) in [7, 11) is 0. The molecule has 0 atom stereocenters. The van der Waals surface area contributed by atoms with Crippen LogP contribution in [0.15, 0.2) is 30.3 Å². The van der Waals surface area contributed by atoms with Gasteiger partial charge < -0.3 is 10.6 Å². The fraction of sp³-hybridized carbons (Fsp3) is 0.375. The van der Waals surface area contributed by atoms with Gasteiger partial charge in [-0.05, 0) is 25.0 Å². The molecular formula is C16H22N4. The molecule has 0 spiro atoms. The van der Waals surface area contributed by atoms with Crippen LogP contribution in [0, 0.1) is 0 Å². The van der Waals surface area contributed by atoms with E-state index in [-0.39, 0.29) is 0 Å². The largest absolute Gasteiger partial charge is 0.370 e. The first-order valence-electron chi connectivity index (χ1n) is 7.23. The third-order valence-corrected chi connectivity index (χ3v) is 3.11. The molecule has 20 heavy (non-hydrogen) atoms. The van der Waals surface area contributed by atoms with Crippen LogP contribution in [0.25, 0.3) is 0 Å². The van der Waals surface area contributed by atoms with E-state index < -0.39 is 0 Å². The average Bonchev–Trinajstić information content (AvgIpc) is 2.48. The molecule has 0 saturated carbocycles. The Morgan fingerprint density at radius 1 is 0.950 bits per heavy atom. The van der Waals surface area contributed by atoms with Gasteiger partial charge in [0, 0.05) is 24.7 Å². The van der Waals surface area contributed by atoms with Gasteiger partial charge in [-0.3, -0.25) is 0 Å². The summed E-state index contributed by atoms with van der Waals surface area (Å²) in [5.41, 5.74) is 2.40. The topological polar surface area (TPSA) is 49.8 Å². The Balaban J connectivity index is 2.30. The molecule has 0 fully saturated rings. The van der Waals surface area contributed by atoms with Crippen molar-refractivity contribution in [3.05, 3.63) is 41.7 Å². The number of anilines is 3. The lowest BCUT2D eigenvalue weighted by Gasteiger charge is -2.12. The molecule has 0 radical (unpaired) electrons. The molecule has 0 aliphatic heterocycles. The van der Waals surface area contributed by atoms with Gasteiger partial charge in [-0.2, -0.15) is 0 Å². The first kappa shape index (κ1) is 14.3. The maximum atomic E-state index is 4.54. The number of rotatable bonds is 6. The standard InChI is InChI=1S/C16H22N4/c1-4-12-9-7-8-10-13(12)18-16-11-15(17-6-3)19-14(5-2)20-16/h7-11H,4-6H2,1-3H3,(H2,17,18,19,20). The van der Waals surface area contributed by atoms with Crippen LogP contribution in [0.3, 0.4) is 0 Å². The average molecular weight is 270 g/mol. The van der Waals surface area contributed by atoms with E-state index >= 15 is 0 Å². The molecule has 2 rings (SSSR count). The number of nitrogens with one attached hydrogen (secondary N) is 2. The third kappa shape index (κ3) is 3.47. The quantitative estimate of drug-likeness (QED) is 0.838. The highest BCUT2D eigenvalue weighted by Gasteiger charge is 2.05. The van der Waals surface area contributed by atoms with E-state index in [1.54, 1.807) is 0 Å². The van der Waals surface area contributed by atoms with Crippen LogP contribution in [0.5, 0.6) is 0 Å². The van der Waals surface area contributed by atoms with Crippen molar-refractivity contribution in [2.75, 3.05) is 17.2 Å². The highest BCUT2D eigenvalue weighted by Crippen LogP contribution is 2.21. The normalized spacial score (nSPS) is 10.3. The van der Waals surface area contributed by atoms with Crippen molar-refractivity contribution < 1.29 is 0 Å². The second-order valence-corrected chi connectivity index (χ2v) is 4.57. The Bertz CT molecular complexity index is 566. The van der Waals surface area contributed by atoms with E-state index in [2.05, 4.69) is 59.6 Å². The predicted molar refractivity (Wildman–Crippen MR) is 84.7 cm³/mol. The van der Waals surface area contributed by atoms with Crippen LogP contribution >= 0.6 is 0 Å². The Kier molecular flexibility index (Phi) is 4.93. The zero-order valence-electron chi connectivity index (χ0n) is 12.4. The van der Waals surface area contributed by atoms with E-state index in [1.807, 2.05) is 12.1 Å². The molecule has 0 saturated heterocycles. The molecule has 4 heteroatoms. The van der Waals surface area contributed by atoms with Gasteiger partial charge >= 0.3 is 0 Å². The van der Waals surface area contributed by atoms with E-state index in [0.717, 1.165) is 42.5 Å². The lowest BCUT2D eigenvalue weighted by molar-refractivity contribution is 0.939. The molecule has 0 aliphatic carbocycles. The Hall–Kier alpha value is -2.10. The minimum Gasteiger partial charge on any atom is -0.370 e. The van der Waals surface area contributed by atoms with Gasteiger partial charge in [0.15, 0.2) is 0 Å². The number of hydrogen-bond acceptors (Lipinski definition) is 4. The van der Waals surface area contributed by atoms with E-state index in [0.29, 0.717) is 0 Å². The second kappa shape index (κ2) is 6.89. The van der Waals surface area contributed by atoms with Crippen LogP contribution in [-0.4, -0.2) is 16.5 Å². The summed E-state index contributed by atoms with van der Waals surface area (Å²) in [5.74, 6) is 2.56. The van der Waals surface area contributed by atoms with Crippen LogP contribution in [0.2, 0.25) is 0 Å². The summed E-state index contributed by atoms with van der Waals surface area (Å²) >= 11 is 0. The van der Waals surface area contributed by atoms with Crippen molar-refractivity contribution >= 4 is 17.3 Å². The fourth-order valence-electron chi connectivity index (χ4n) is 2.08. The number of nitrogens with zero attached hydrogens (tertiary/aromatic N) is 2. The number of aryl methyl sites for hydroxylation is 2. The van der Waals surface area contributed by atoms with Crippen molar-refractivity contribution in [3.63, 3.8) is 0 Å². The third-order valence-electron chi connectivity index (χ3n) is 3.11. The first-order chi connectivity index (χ1) is 9.76. The van der Waals surface area contributed by atoms with Crippen LogP contribution in [0.4, 0.5) is 17.3 Å². The molecule has 1 aromatic carbocycles. The van der Waals surface area contributed by atoms with Gasteiger partial charge in [0.1, 0.15) is 17.5 Å². The van der Waals surface area contributed by atoms with Gasteiger partial charge in [0.2, 0.25) is 0 Å². The van der Waals surface area contributed by atoms with Gasteiger partial charge in [0.25, 0.3) is 0 Å². The van der Waals surface area contributed by atoms with Crippen LogP contribution < -0.4 is 10.6 Å². The van der Waals surface area contributed by atoms with Crippen molar-refractivity contribution in [2.24, 2.45) is 0 Å². The monoisotopic (exact) mass is 270 g/mol. The molecule has 2 aromatic rings. The SMILES string of the molecule is CCNc1cc(Nc2ccccc2CC)nc(CC)n1. The van der Waals surface area contributed by atoms with Gasteiger partial charge in [-0.15, -0.1) is 0 Å². The summed E-state index contributed by atoms with van der Waals surface area (Å²) in [5, 5.41) is 6.65. The van der Waals surface area contributed by atoms with E-state index in [9.17, 15) is 0 Å². The van der Waals surface area contributed by atoms with Crippen molar-refractivity contribution in [1.29, 1.82) is 0 Å². The predicted octanol–water partition coefficient (Wildman–Crippen LogP) is 3.78. The summed E-state index contributed by atoms with van der Waals surface area (Å²) in [4.78, 5) is 9.01. The molecule has 0 aliphatic rings. The van der Waals surface area contributed by atoms with E-state index in [1.165, 1.54) is 5.56 Å². The van der Waals surface area contributed by atoms with Gasteiger partial charge in [0.05, 0.1) is 0 Å². The molecular weight excluding hydrogens is 248 g/mol. The molecule has 106 valence electrons. The minimum atomic E-state index is 0.823. The first-order valence-corrected chi connectivity index (χ1v) is 7.23. The molecule has 0 unspecified atom stereocenters. The summed E-state index contributed by atoms with van der Waals surface area (Å²) < 4.78 is 0. The number of hydrogen-bond donors (Lipinski definition) is 2. The molecule has 4 nitrogen and oxygen atoms in total.